The Balaban J connectivity index is 0.000000129. The Morgan fingerprint density at radius 2 is 0.810 bits per heavy atom. The fourth-order valence-corrected chi connectivity index (χ4v) is 19.7. The number of anilines is 6. The van der Waals surface area contributed by atoms with Crippen LogP contribution in [-0.2, 0) is 82.6 Å². The van der Waals surface area contributed by atoms with E-state index in [1.165, 1.54) is 81.7 Å². The first-order valence-corrected chi connectivity index (χ1v) is 50.8. The predicted molar refractivity (Wildman–Crippen MR) is 560 cm³/mol. The number of unbranched alkanes of at least 4 members (excludes halogenated alkanes) is 1. The van der Waals surface area contributed by atoms with Gasteiger partial charge in [0.1, 0.15) is 5.69 Å². The number of allylic oxidation sites excluding steroid dienone is 3. The highest BCUT2D eigenvalue weighted by atomic mass is 35.5. The van der Waals surface area contributed by atoms with Gasteiger partial charge in [-0.15, -0.1) is 0 Å². The molecule has 0 radical (unpaired) electrons. The molecule has 0 bridgehead atoms. The third kappa shape index (κ3) is 26.3. The molecule has 748 valence electrons. The number of urea groups is 6. The number of amides is 12. The fraction of sp³-hybridized carbons (Fsp3) is 0.390. The summed E-state index contributed by atoms with van der Waals surface area (Å²) >= 11 is 35.7. The summed E-state index contributed by atoms with van der Waals surface area (Å²) in [6.45, 7) is 22.4. The molecule has 9 aliphatic rings. The number of halogens is 8. The minimum Gasteiger partial charge on any atom is -0.320 e. The van der Waals surface area contributed by atoms with Crippen molar-refractivity contribution in [3.8, 4) is 0 Å². The molecule has 11 N–H and O–H groups in total. The van der Waals surface area contributed by atoms with Crippen LogP contribution in [-0.4, -0.2) is 175 Å². The lowest BCUT2D eigenvalue weighted by molar-refractivity contribution is -0.0142. The van der Waals surface area contributed by atoms with E-state index >= 15 is 0 Å². The number of carbonyl (C=O) groups is 6. The van der Waals surface area contributed by atoms with Crippen LogP contribution in [0.15, 0.2) is 180 Å². The molecule has 12 amide bonds. The minimum absolute atomic E-state index is 0.0591. The summed E-state index contributed by atoms with van der Waals surface area (Å²) < 4.78 is 28.0. The van der Waals surface area contributed by atoms with Gasteiger partial charge in [0.2, 0.25) is 0 Å². The highest BCUT2D eigenvalue weighted by molar-refractivity contribution is 6.32. The van der Waals surface area contributed by atoms with E-state index < -0.39 is 5.92 Å². The topological polar surface area (TPSA) is 350 Å². The molecule has 1 saturated carbocycles. The van der Waals surface area contributed by atoms with E-state index in [0.29, 0.717) is 142 Å². The number of carbonyl (C=O) groups excluding carboxylic acids is 6. The van der Waals surface area contributed by atoms with Crippen molar-refractivity contribution in [2.75, 3.05) is 84.3 Å². The number of nitrogens with zero attached hydrogens (tertiary/aromatic N) is 12. The second-order valence-electron chi connectivity index (χ2n) is 37.5. The molecule has 0 saturated heterocycles. The normalized spacial score (nSPS) is 16.0. The lowest BCUT2D eigenvalue weighted by atomic mass is 9.67. The van der Waals surface area contributed by atoms with Gasteiger partial charge >= 0.3 is 36.2 Å². The van der Waals surface area contributed by atoms with Crippen molar-refractivity contribution < 1.29 is 37.5 Å². The summed E-state index contributed by atoms with van der Waals surface area (Å²) in [4.78, 5) is 90.6. The average Bonchev–Trinajstić information content (AvgIpc) is 1.57. The number of fused-ring (bicyclic) bond motifs is 5. The second-order valence-corrected chi connectivity index (χ2v) is 40.1. The Labute approximate surface area is 855 Å². The molecule has 20 rings (SSSR count). The van der Waals surface area contributed by atoms with Gasteiger partial charge in [0.05, 0.1) is 62.0 Å². The number of aliphatic imine (C=N–C) groups is 1. The summed E-state index contributed by atoms with van der Waals surface area (Å²) in [5.74, 6) is -2.56. The molecule has 7 aliphatic heterocycles. The third-order valence-electron chi connectivity index (χ3n) is 27.2. The maximum absolute atomic E-state index is 14.0. The number of aryl methyl sites for hydroxylation is 1. The zero-order chi connectivity index (χ0) is 100. The maximum atomic E-state index is 14.0. The van der Waals surface area contributed by atoms with E-state index in [1.807, 2.05) is 86.3 Å². The molecule has 5 aromatic heterocycles. The number of aromatic nitrogens is 10. The van der Waals surface area contributed by atoms with E-state index in [4.69, 9.17) is 74.6 Å². The molecule has 6 aromatic carbocycles. The van der Waals surface area contributed by atoms with Gasteiger partial charge in [0.25, 0.3) is 5.92 Å². The van der Waals surface area contributed by atoms with Gasteiger partial charge in [-0.3, -0.25) is 30.5 Å². The van der Waals surface area contributed by atoms with E-state index in [0.717, 1.165) is 136 Å². The van der Waals surface area contributed by atoms with Crippen molar-refractivity contribution in [1.82, 2.24) is 80.4 Å². The van der Waals surface area contributed by atoms with Gasteiger partial charge < -0.3 is 61.3 Å². The first-order valence-electron chi connectivity index (χ1n) is 48.6. The van der Waals surface area contributed by atoms with Crippen LogP contribution < -0.4 is 31.9 Å². The van der Waals surface area contributed by atoms with E-state index in [-0.39, 0.29) is 65.7 Å². The molecule has 12 heterocycles. The van der Waals surface area contributed by atoms with Crippen LogP contribution in [0.3, 0.4) is 0 Å². The van der Waals surface area contributed by atoms with Crippen molar-refractivity contribution >= 4 is 152 Å². The Hall–Kier alpha value is -12.5. The third-order valence-corrected chi connectivity index (χ3v) is 28.6. The Morgan fingerprint density at radius 1 is 0.444 bits per heavy atom. The molecule has 37 heteroatoms. The lowest BCUT2D eigenvalue weighted by Crippen LogP contribution is -2.42. The van der Waals surface area contributed by atoms with Gasteiger partial charge in [-0.2, -0.15) is 34.3 Å². The van der Waals surface area contributed by atoms with Crippen LogP contribution in [0.2, 0.25) is 30.1 Å². The quantitative estimate of drug-likeness (QED) is 0.0381. The second kappa shape index (κ2) is 47.6. The molecule has 142 heavy (non-hydrogen) atoms. The highest BCUT2D eigenvalue weighted by Crippen LogP contribution is 2.46. The van der Waals surface area contributed by atoms with Crippen LogP contribution >= 0.6 is 69.6 Å². The summed E-state index contributed by atoms with van der Waals surface area (Å²) in [6.07, 6.45) is 23.7. The van der Waals surface area contributed by atoms with Crippen molar-refractivity contribution in [2.24, 2.45) is 10.4 Å². The number of alkyl halides is 2. The van der Waals surface area contributed by atoms with E-state index in [1.54, 1.807) is 89.8 Å². The van der Waals surface area contributed by atoms with Crippen LogP contribution in [0.25, 0.3) is 6.08 Å². The number of benzene rings is 6. The number of rotatable bonds is 17. The van der Waals surface area contributed by atoms with Crippen molar-refractivity contribution in [3.63, 3.8) is 0 Å². The van der Waals surface area contributed by atoms with Crippen LogP contribution in [0.5, 0.6) is 0 Å². The summed E-state index contributed by atoms with van der Waals surface area (Å²) in [5.41, 5.74) is 22.7. The monoisotopic (exact) mass is 2050 g/mol. The standard InChI is InChI=1S/C19H24ClN3O.C18H21ClN4O.C18H19ClN4O.C17H21ClN4O.C17H19ClN4O.C16H17ClF2N4O/c1-4-19(2,3)17-16-12-23(9-8-13(16)11-21-17)18(24)22-15-7-5-6-14(20)10-15;1-18(7-3-8-18)16-14-11-23(9-6-15(14)21-22-16)17(24)20-13-5-2-4-12(19)10-13;19-13-6-3-7-14(10-13)20-18(24)23-9-8-16-15(11-23)17(22-21-16)12-4-1-2-5-12;2*1-2-3-7-15-14-11-22(9-8-16(14)21-20-15)17(23)19-13-6-4-5-12(18)10-13;1-2-16(18,19)14-12-9-23(7-6-13(12)21-22-14)15(24)20-11-5-3-4-10(17)8-11/h5-7,10H,4,8-9,11-12H2,1-3H3,(H,22,24);2,4-5,10H,3,6-9,11H2,1H3,(H,20,24)(H,21,22);1-3,6-7,10,12H,4-5,8-9,11H2,(H,20,24)(H,21,22);4-6,10H,2-3,7-9,11H2,1H3,(H,19,23)(H,20,21);3-7,10H,2,8-9,11H2,1H3,(H,19,23)(H,20,21);3-5,8H,2,6-7,9H2,1H3,(H,20,24)(H,21,22)/b;;;;7-3+;. The number of H-pyrrole nitrogens is 5. The molecular formula is C105H121Cl6F2N23O6. The molecule has 1 fully saturated rings. The maximum Gasteiger partial charge on any atom is 0.322 e. The fourth-order valence-electron chi connectivity index (χ4n) is 18.5. The summed E-state index contributed by atoms with van der Waals surface area (Å²) in [7, 11) is 0. The molecular weight excluding hydrogens is 1930 g/mol. The largest absolute Gasteiger partial charge is 0.322 e. The van der Waals surface area contributed by atoms with Crippen molar-refractivity contribution in [1.29, 1.82) is 0 Å². The van der Waals surface area contributed by atoms with Gasteiger partial charge in [-0.25, -0.2) is 28.8 Å². The molecule has 0 spiro atoms. The number of aromatic amines is 5. The zero-order valence-corrected chi connectivity index (χ0v) is 85.3. The van der Waals surface area contributed by atoms with Crippen molar-refractivity contribution in [2.45, 2.75) is 208 Å². The van der Waals surface area contributed by atoms with E-state index in [2.05, 4.69) is 143 Å². The number of hydrogen-bond acceptors (Lipinski definition) is 12. The number of hydrogen-bond donors (Lipinski definition) is 11. The van der Waals surface area contributed by atoms with E-state index in [9.17, 15) is 37.5 Å². The lowest BCUT2D eigenvalue weighted by Gasteiger charge is -2.38. The Bertz CT molecular complexity index is 6340. The summed E-state index contributed by atoms with van der Waals surface area (Å²) in [5, 5.41) is 57.8. The van der Waals surface area contributed by atoms with Crippen molar-refractivity contribution in [3.05, 3.63) is 290 Å². The molecule has 0 unspecified atom stereocenters. The van der Waals surface area contributed by atoms with Gasteiger partial charge in [-0.1, -0.05) is 186 Å². The SMILES string of the molecule is CC/C=C/c1n[nH]c2c1CN(C(=O)Nc1cccc(Cl)c1)CC2.CC1(c2n[nH]c3c2CN(C(=O)Nc2cccc(Cl)c2)CC3)CCC1.CCC(C)(C)C1=NCC2=C1CN(C(=O)Nc1cccc(Cl)c1)CC2.CCC(F)(F)c1n[nH]c2c1CN(C(=O)Nc1cccc(Cl)c1)CC2.CCCCc1n[nH]c2c1CN(C(=O)Nc1cccc(Cl)c1)CC2.O=C(Nc1cccc(Cl)c1)N1CCc2[nH]nc(C3CC=CC3)c2C1. The van der Waals surface area contributed by atoms with Gasteiger partial charge in [-0.05, 0) is 184 Å². The van der Waals surface area contributed by atoms with Crippen LogP contribution in [0.1, 0.15) is 210 Å². The van der Waals surface area contributed by atoms with Gasteiger partial charge in [0.15, 0.2) is 0 Å². The first kappa shape index (κ1) is 104. The smallest absolute Gasteiger partial charge is 0.320 e. The zero-order valence-electron chi connectivity index (χ0n) is 80.8. The molecule has 29 nitrogen and oxygen atoms in total. The highest BCUT2D eigenvalue weighted by Gasteiger charge is 2.43. The first-order chi connectivity index (χ1) is 68.4. The minimum atomic E-state index is -3.00. The predicted octanol–water partition coefficient (Wildman–Crippen LogP) is 25.2. The molecule has 2 aliphatic carbocycles. The van der Waals surface area contributed by atoms with Crippen LogP contribution in [0, 0.1) is 5.41 Å². The number of nitrogens with one attached hydrogen (secondary N) is 11. The molecule has 0 atom stereocenters. The Kier molecular flexibility index (Phi) is 34.8. The van der Waals surface area contributed by atoms with Gasteiger partial charge in [0, 0.05) is 227 Å². The summed E-state index contributed by atoms with van der Waals surface area (Å²) in [6, 6.07) is 42.0. The average molecular weight is 2050 g/mol. The Morgan fingerprint density at radius 3 is 1.23 bits per heavy atom. The molecule has 11 aromatic rings. The van der Waals surface area contributed by atoms with Crippen LogP contribution in [0.4, 0.5) is 71.7 Å².